The second-order valence-electron chi connectivity index (χ2n) is 8.97. The third-order valence-corrected chi connectivity index (χ3v) is 6.65. The van der Waals surface area contributed by atoms with E-state index in [1.807, 2.05) is 26.8 Å². The molecule has 158 valence electrons. The van der Waals surface area contributed by atoms with Crippen molar-refractivity contribution in [3.8, 4) is 0 Å². The van der Waals surface area contributed by atoms with Gasteiger partial charge < -0.3 is 29.9 Å². The highest BCUT2D eigenvalue weighted by Crippen LogP contribution is 2.62. The number of hydrogen-bond acceptors (Lipinski definition) is 7. The van der Waals surface area contributed by atoms with Crippen LogP contribution >= 0.6 is 0 Å². The molecule has 4 rings (SSSR count). The van der Waals surface area contributed by atoms with E-state index in [1.165, 1.54) is 0 Å². The average molecular weight is 396 g/mol. The molecule has 0 aromatic heterocycles. The van der Waals surface area contributed by atoms with Crippen molar-refractivity contribution in [1.29, 1.82) is 0 Å². The van der Waals surface area contributed by atoms with Crippen molar-refractivity contribution < 1.29 is 34.7 Å². The average Bonchev–Trinajstić information content (AvgIpc) is 2.60. The first-order valence-corrected chi connectivity index (χ1v) is 9.90. The van der Waals surface area contributed by atoms with E-state index in [2.05, 4.69) is 6.92 Å². The molecule has 0 aromatic rings. The Bertz CT molecular complexity index is 666. The molecule has 1 aliphatic heterocycles. The van der Waals surface area contributed by atoms with E-state index in [9.17, 15) is 25.2 Å². The Hall–Kier alpha value is -1.09. The summed E-state index contributed by atoms with van der Waals surface area (Å²) in [5.74, 6) is 0.503. The zero-order valence-corrected chi connectivity index (χ0v) is 16.9. The monoisotopic (exact) mass is 396 g/mol. The molecule has 0 unspecified atom stereocenters. The molecule has 2 fully saturated rings. The van der Waals surface area contributed by atoms with Crippen LogP contribution in [0.25, 0.3) is 0 Å². The summed E-state index contributed by atoms with van der Waals surface area (Å²) in [5.41, 5.74) is 1.88. The van der Waals surface area contributed by atoms with Crippen molar-refractivity contribution >= 4 is 5.78 Å². The number of fused-ring (bicyclic) bond motifs is 1. The molecular weight excluding hydrogens is 364 g/mol. The Morgan fingerprint density at radius 2 is 1.96 bits per heavy atom. The molecule has 1 saturated carbocycles. The van der Waals surface area contributed by atoms with Crippen molar-refractivity contribution in [3.63, 3.8) is 0 Å². The lowest BCUT2D eigenvalue weighted by molar-refractivity contribution is -0.318. The molecule has 4 aliphatic rings. The Balaban J connectivity index is 1.75. The predicted octanol–water partition coefficient (Wildman–Crippen LogP) is 0.699. The van der Waals surface area contributed by atoms with Gasteiger partial charge in [-0.3, -0.25) is 4.79 Å². The van der Waals surface area contributed by atoms with Crippen LogP contribution in [-0.2, 0) is 14.3 Å². The van der Waals surface area contributed by atoms with Crippen molar-refractivity contribution in [3.05, 3.63) is 23.3 Å². The van der Waals surface area contributed by atoms with Crippen LogP contribution in [0.4, 0.5) is 0 Å². The number of carbonyl (C=O) groups excluding carboxylic acids is 1. The SMILES string of the molecule is CC(C)=CC(=O)C[C@]1(C)[C@@H]2C[C@H]1C(C)=C[C@@H]2O[C@@H]1O[C@H](CO)[C@@H](O)[C@H](O)[C@H]1O. The molecule has 7 heteroatoms. The molecule has 28 heavy (non-hydrogen) atoms. The molecule has 2 bridgehead atoms. The van der Waals surface area contributed by atoms with Gasteiger partial charge in [0.25, 0.3) is 0 Å². The highest BCUT2D eigenvalue weighted by molar-refractivity contribution is 5.90. The fourth-order valence-corrected chi connectivity index (χ4v) is 5.07. The van der Waals surface area contributed by atoms with Gasteiger partial charge in [-0.2, -0.15) is 0 Å². The van der Waals surface area contributed by atoms with Crippen molar-refractivity contribution in [2.75, 3.05) is 6.61 Å². The third-order valence-electron chi connectivity index (χ3n) is 6.65. The Morgan fingerprint density at radius 1 is 1.29 bits per heavy atom. The lowest BCUT2D eigenvalue weighted by Crippen LogP contribution is -2.62. The van der Waals surface area contributed by atoms with Crippen LogP contribution in [0.3, 0.4) is 0 Å². The standard InChI is InChI=1S/C21H32O7/c1-10(2)5-12(23)8-21(4)13-7-14(21)15(6-11(13)3)27-20-19(26)18(25)17(24)16(9-22)28-20/h5-6,13-20,22,24-26H,7-9H2,1-4H3/t13-,14+,15-,16+,17+,18-,19+,20+,21-/m0/s1. The summed E-state index contributed by atoms with van der Waals surface area (Å²) in [4.78, 5) is 12.4. The molecule has 0 radical (unpaired) electrons. The number of aliphatic hydroxyl groups excluding tert-OH is 4. The lowest BCUT2D eigenvalue weighted by atomic mass is 9.46. The largest absolute Gasteiger partial charge is 0.394 e. The summed E-state index contributed by atoms with van der Waals surface area (Å²) >= 11 is 0. The second-order valence-corrected chi connectivity index (χ2v) is 8.97. The fourth-order valence-electron chi connectivity index (χ4n) is 5.07. The Labute approximate surface area is 165 Å². The highest BCUT2D eigenvalue weighted by atomic mass is 16.7. The zero-order chi connectivity index (χ0) is 20.8. The van der Waals surface area contributed by atoms with Crippen LogP contribution in [0.1, 0.15) is 40.5 Å². The number of rotatable bonds is 6. The molecule has 0 spiro atoms. The number of aliphatic hydroxyl groups is 4. The first-order valence-electron chi connectivity index (χ1n) is 9.90. The van der Waals surface area contributed by atoms with Gasteiger partial charge in [0.05, 0.1) is 12.7 Å². The molecule has 1 saturated heterocycles. The summed E-state index contributed by atoms with van der Waals surface area (Å²) in [7, 11) is 0. The Kier molecular flexibility index (Phi) is 6.15. The first kappa shape index (κ1) is 21.6. The van der Waals surface area contributed by atoms with E-state index in [0.29, 0.717) is 12.3 Å². The lowest BCUT2D eigenvalue weighted by Gasteiger charge is -2.60. The molecule has 4 N–H and O–H groups in total. The van der Waals surface area contributed by atoms with Gasteiger partial charge in [-0.25, -0.2) is 0 Å². The number of ether oxygens (including phenoxy) is 2. The maximum atomic E-state index is 12.4. The molecule has 1 heterocycles. The smallest absolute Gasteiger partial charge is 0.187 e. The van der Waals surface area contributed by atoms with Crippen LogP contribution in [-0.4, -0.2) is 69.6 Å². The van der Waals surface area contributed by atoms with E-state index >= 15 is 0 Å². The van der Waals surface area contributed by atoms with Crippen LogP contribution in [0.2, 0.25) is 0 Å². The topological polar surface area (TPSA) is 116 Å². The van der Waals surface area contributed by atoms with Crippen LogP contribution in [0.5, 0.6) is 0 Å². The van der Waals surface area contributed by atoms with Crippen molar-refractivity contribution in [2.45, 2.75) is 77.3 Å². The van der Waals surface area contributed by atoms with E-state index < -0.39 is 37.3 Å². The van der Waals surface area contributed by atoms with E-state index in [0.717, 1.165) is 17.6 Å². The van der Waals surface area contributed by atoms with Crippen LogP contribution < -0.4 is 0 Å². The van der Waals surface area contributed by atoms with Crippen molar-refractivity contribution in [2.24, 2.45) is 17.3 Å². The third kappa shape index (κ3) is 3.72. The quantitative estimate of drug-likeness (QED) is 0.386. The summed E-state index contributed by atoms with van der Waals surface area (Å²) in [6.07, 6.45) is -1.88. The highest BCUT2D eigenvalue weighted by Gasteiger charge is 2.59. The summed E-state index contributed by atoms with van der Waals surface area (Å²) in [6, 6.07) is 0. The molecule has 9 atom stereocenters. The van der Waals surface area contributed by atoms with Gasteiger partial charge in [0.1, 0.15) is 24.4 Å². The van der Waals surface area contributed by atoms with Crippen LogP contribution in [0, 0.1) is 17.3 Å². The van der Waals surface area contributed by atoms with Gasteiger partial charge in [0.2, 0.25) is 0 Å². The fraction of sp³-hybridized carbons (Fsp3) is 0.762. The van der Waals surface area contributed by atoms with E-state index in [-0.39, 0.29) is 23.2 Å². The molecular formula is C21H32O7. The molecule has 7 nitrogen and oxygen atoms in total. The normalized spacial score (nSPS) is 45.1. The predicted molar refractivity (Wildman–Crippen MR) is 101 cm³/mol. The molecule has 0 amide bonds. The minimum atomic E-state index is -1.47. The van der Waals surface area contributed by atoms with E-state index in [4.69, 9.17) is 9.47 Å². The van der Waals surface area contributed by atoms with Gasteiger partial charge in [0.15, 0.2) is 12.1 Å². The first-order chi connectivity index (χ1) is 13.1. The number of hydrogen-bond donors (Lipinski definition) is 4. The summed E-state index contributed by atoms with van der Waals surface area (Å²) < 4.78 is 11.5. The number of ketones is 1. The summed E-state index contributed by atoms with van der Waals surface area (Å²) in [5, 5.41) is 39.5. The van der Waals surface area contributed by atoms with Gasteiger partial charge in [-0.15, -0.1) is 0 Å². The maximum absolute atomic E-state index is 12.4. The Morgan fingerprint density at radius 3 is 2.54 bits per heavy atom. The zero-order valence-electron chi connectivity index (χ0n) is 16.9. The summed E-state index contributed by atoms with van der Waals surface area (Å²) in [6.45, 7) is 7.43. The van der Waals surface area contributed by atoms with Gasteiger partial charge in [0, 0.05) is 6.42 Å². The van der Waals surface area contributed by atoms with Gasteiger partial charge in [-0.1, -0.05) is 24.1 Å². The van der Waals surface area contributed by atoms with Crippen LogP contribution in [0.15, 0.2) is 23.3 Å². The maximum Gasteiger partial charge on any atom is 0.187 e. The van der Waals surface area contributed by atoms with E-state index in [1.54, 1.807) is 6.08 Å². The van der Waals surface area contributed by atoms with Gasteiger partial charge in [-0.05, 0) is 50.5 Å². The second kappa shape index (κ2) is 7.97. The minimum Gasteiger partial charge on any atom is -0.394 e. The minimum absolute atomic E-state index is 0.0862. The van der Waals surface area contributed by atoms with Gasteiger partial charge >= 0.3 is 0 Å². The molecule has 0 aromatic carbocycles. The number of allylic oxidation sites excluding steroid dienone is 3. The van der Waals surface area contributed by atoms with Crippen molar-refractivity contribution in [1.82, 2.24) is 0 Å². The number of carbonyl (C=O) groups is 1. The molecule has 3 aliphatic carbocycles.